The van der Waals surface area contributed by atoms with Crippen molar-refractivity contribution >= 4 is 28.1 Å². The maximum absolute atomic E-state index is 12.6. The zero-order valence-electron chi connectivity index (χ0n) is 17.0. The Bertz CT molecular complexity index is 1130. The highest BCUT2D eigenvalue weighted by Gasteiger charge is 2.14. The number of rotatable bonds is 4. The average Bonchev–Trinajstić information content (AvgIpc) is 3.07. The monoisotopic (exact) mass is 403 g/mol. The van der Waals surface area contributed by atoms with Gasteiger partial charge in [-0.25, -0.2) is 10.5 Å². The maximum atomic E-state index is 12.6. The second-order valence-electron chi connectivity index (χ2n) is 7.53. The van der Waals surface area contributed by atoms with Gasteiger partial charge in [0, 0.05) is 24.2 Å². The Balaban J connectivity index is 1.48. The summed E-state index contributed by atoms with van der Waals surface area (Å²) in [6.07, 6.45) is 5.09. The lowest BCUT2D eigenvalue weighted by atomic mass is 10.1. The smallest absolute Gasteiger partial charge is 0.292 e. The van der Waals surface area contributed by atoms with Crippen LogP contribution in [0.15, 0.2) is 58.4 Å². The maximum Gasteiger partial charge on any atom is 0.292 e. The van der Waals surface area contributed by atoms with Gasteiger partial charge in [-0.2, -0.15) is 10.2 Å². The van der Waals surface area contributed by atoms with E-state index in [-0.39, 0.29) is 11.3 Å². The molecule has 2 aromatic carbocycles. The molecule has 154 valence electrons. The number of benzene rings is 2. The summed E-state index contributed by atoms with van der Waals surface area (Å²) in [5, 5.41) is 11.4. The number of nitrogens with zero attached hydrogens (tertiary/aromatic N) is 3. The first-order valence-corrected chi connectivity index (χ1v) is 10.3. The first-order valence-electron chi connectivity index (χ1n) is 10.3. The van der Waals surface area contributed by atoms with Crippen molar-refractivity contribution in [3.63, 3.8) is 0 Å². The topological polar surface area (TPSA) is 90.5 Å². The molecule has 7 heteroatoms. The van der Waals surface area contributed by atoms with Crippen LogP contribution in [0.3, 0.4) is 0 Å². The quantitative estimate of drug-likeness (QED) is 0.516. The number of carbonyl (C=O) groups excluding carboxylic acids is 1. The molecule has 0 saturated carbocycles. The molecule has 30 heavy (non-hydrogen) atoms. The summed E-state index contributed by atoms with van der Waals surface area (Å²) >= 11 is 0. The number of hydrazone groups is 1. The number of H-pyrrole nitrogens is 1. The van der Waals surface area contributed by atoms with Gasteiger partial charge in [0.05, 0.1) is 11.1 Å². The Hall–Kier alpha value is -3.48. The summed E-state index contributed by atoms with van der Waals surface area (Å²) in [5.74, 6) is -0.469. The number of hydrogen-bond donors (Lipinski definition) is 2. The van der Waals surface area contributed by atoms with E-state index in [2.05, 4.69) is 37.8 Å². The molecule has 0 spiro atoms. The van der Waals surface area contributed by atoms with Gasteiger partial charge in [-0.05, 0) is 43.5 Å². The minimum Gasteiger partial charge on any atom is -0.372 e. The molecular weight excluding hydrogens is 378 g/mol. The third-order valence-electron chi connectivity index (χ3n) is 5.49. The van der Waals surface area contributed by atoms with Crippen molar-refractivity contribution in [1.29, 1.82) is 0 Å². The van der Waals surface area contributed by atoms with Crippen molar-refractivity contribution < 1.29 is 4.79 Å². The molecule has 1 amide bonds. The van der Waals surface area contributed by atoms with Crippen LogP contribution >= 0.6 is 0 Å². The SMILES string of the molecule is C/C(=N/NC(=O)c1n[nH]c(=O)c2ccccc12)c1ccc(N2CCCCCC2)cc1. The molecule has 1 aromatic heterocycles. The third-order valence-corrected chi connectivity index (χ3v) is 5.49. The summed E-state index contributed by atoms with van der Waals surface area (Å²) in [6.45, 7) is 4.05. The van der Waals surface area contributed by atoms with Crippen molar-refractivity contribution in [3.05, 3.63) is 70.1 Å². The van der Waals surface area contributed by atoms with Gasteiger partial charge in [0.15, 0.2) is 5.69 Å². The zero-order chi connectivity index (χ0) is 20.9. The van der Waals surface area contributed by atoms with Crippen LogP contribution in [0.5, 0.6) is 0 Å². The van der Waals surface area contributed by atoms with E-state index in [9.17, 15) is 9.59 Å². The molecule has 0 unspecified atom stereocenters. The lowest BCUT2D eigenvalue weighted by Crippen LogP contribution is -2.24. The Morgan fingerprint density at radius 2 is 1.67 bits per heavy atom. The van der Waals surface area contributed by atoms with E-state index >= 15 is 0 Å². The van der Waals surface area contributed by atoms with Crippen LogP contribution < -0.4 is 15.9 Å². The van der Waals surface area contributed by atoms with Crippen LogP contribution in [0.1, 0.15) is 48.7 Å². The van der Waals surface area contributed by atoms with Crippen LogP contribution in [0, 0.1) is 0 Å². The first kappa shape index (κ1) is 19.8. The van der Waals surface area contributed by atoms with Gasteiger partial charge in [-0.15, -0.1) is 0 Å². The molecular formula is C23H25N5O2. The van der Waals surface area contributed by atoms with E-state index in [0.717, 1.165) is 18.7 Å². The Labute approximate surface area is 174 Å². The summed E-state index contributed by atoms with van der Waals surface area (Å²) < 4.78 is 0. The Morgan fingerprint density at radius 3 is 2.37 bits per heavy atom. The van der Waals surface area contributed by atoms with E-state index in [1.54, 1.807) is 24.3 Å². The second-order valence-corrected chi connectivity index (χ2v) is 7.53. The number of carbonyl (C=O) groups is 1. The second kappa shape index (κ2) is 8.90. The number of fused-ring (bicyclic) bond motifs is 1. The predicted octanol–water partition coefficient (Wildman–Crippen LogP) is 3.46. The largest absolute Gasteiger partial charge is 0.372 e. The molecule has 0 aliphatic carbocycles. The number of aromatic nitrogens is 2. The molecule has 4 rings (SSSR count). The molecule has 1 aliphatic rings. The van der Waals surface area contributed by atoms with Crippen LogP contribution in [-0.2, 0) is 0 Å². The van der Waals surface area contributed by atoms with E-state index in [4.69, 9.17) is 0 Å². The zero-order valence-corrected chi connectivity index (χ0v) is 17.0. The standard InChI is InChI=1S/C23H25N5O2/c1-16(17-10-12-18(13-11-17)28-14-6-2-3-7-15-28)24-27-23(30)21-19-8-4-5-9-20(19)22(29)26-25-21/h4-5,8-13H,2-3,6-7,14-15H2,1H3,(H,26,29)(H,27,30)/b24-16-. The van der Waals surface area contributed by atoms with Gasteiger partial charge in [-0.1, -0.05) is 43.2 Å². The van der Waals surface area contributed by atoms with E-state index in [1.165, 1.54) is 31.4 Å². The fourth-order valence-electron chi connectivity index (χ4n) is 3.78. The number of nitrogens with one attached hydrogen (secondary N) is 2. The molecule has 0 radical (unpaired) electrons. The van der Waals surface area contributed by atoms with Crippen LogP contribution in [0.25, 0.3) is 10.8 Å². The molecule has 0 atom stereocenters. The first-order chi connectivity index (χ1) is 14.6. The van der Waals surface area contributed by atoms with E-state index in [0.29, 0.717) is 16.5 Å². The van der Waals surface area contributed by atoms with Crippen molar-refractivity contribution in [1.82, 2.24) is 15.6 Å². The molecule has 1 aliphatic heterocycles. The number of hydrogen-bond acceptors (Lipinski definition) is 5. The number of amides is 1. The fourth-order valence-corrected chi connectivity index (χ4v) is 3.78. The van der Waals surface area contributed by atoms with E-state index in [1.807, 2.05) is 19.1 Å². The number of aromatic amines is 1. The minimum atomic E-state index is -0.469. The van der Waals surface area contributed by atoms with Gasteiger partial charge in [0.2, 0.25) is 0 Å². The lowest BCUT2D eigenvalue weighted by molar-refractivity contribution is 0.0950. The van der Waals surface area contributed by atoms with Crippen molar-refractivity contribution in [2.24, 2.45) is 5.10 Å². The van der Waals surface area contributed by atoms with Gasteiger partial charge in [0.25, 0.3) is 11.5 Å². The average molecular weight is 403 g/mol. The molecule has 7 nitrogen and oxygen atoms in total. The molecule has 1 saturated heterocycles. The van der Waals surface area contributed by atoms with Crippen molar-refractivity contribution in [2.45, 2.75) is 32.6 Å². The summed E-state index contributed by atoms with van der Waals surface area (Å²) in [4.78, 5) is 26.9. The number of anilines is 1. The molecule has 1 fully saturated rings. The summed E-state index contributed by atoms with van der Waals surface area (Å²) in [6, 6.07) is 15.1. The molecule has 3 aromatic rings. The summed E-state index contributed by atoms with van der Waals surface area (Å²) in [7, 11) is 0. The van der Waals surface area contributed by atoms with Crippen LogP contribution in [0.4, 0.5) is 5.69 Å². The van der Waals surface area contributed by atoms with E-state index < -0.39 is 5.91 Å². The fraction of sp³-hybridized carbons (Fsp3) is 0.304. The Kier molecular flexibility index (Phi) is 5.88. The normalized spacial score (nSPS) is 15.1. The van der Waals surface area contributed by atoms with Gasteiger partial charge < -0.3 is 4.90 Å². The highest BCUT2D eigenvalue weighted by molar-refractivity contribution is 6.06. The van der Waals surface area contributed by atoms with Gasteiger partial charge in [0.1, 0.15) is 0 Å². The van der Waals surface area contributed by atoms with Crippen molar-refractivity contribution in [3.8, 4) is 0 Å². The molecule has 2 heterocycles. The molecule has 0 bridgehead atoms. The van der Waals surface area contributed by atoms with Crippen LogP contribution in [-0.4, -0.2) is 34.9 Å². The highest BCUT2D eigenvalue weighted by Crippen LogP contribution is 2.20. The third kappa shape index (κ3) is 4.25. The molecule has 2 N–H and O–H groups in total. The highest BCUT2D eigenvalue weighted by atomic mass is 16.2. The summed E-state index contributed by atoms with van der Waals surface area (Å²) in [5.41, 5.74) is 5.21. The Morgan fingerprint density at radius 1 is 1.00 bits per heavy atom. The van der Waals surface area contributed by atoms with Crippen LogP contribution in [0.2, 0.25) is 0 Å². The lowest BCUT2D eigenvalue weighted by Gasteiger charge is -2.22. The minimum absolute atomic E-state index is 0.137. The predicted molar refractivity (Wildman–Crippen MR) is 119 cm³/mol. The van der Waals surface area contributed by atoms with Gasteiger partial charge in [-0.3, -0.25) is 9.59 Å². The van der Waals surface area contributed by atoms with Gasteiger partial charge >= 0.3 is 0 Å². The van der Waals surface area contributed by atoms with Crippen molar-refractivity contribution in [2.75, 3.05) is 18.0 Å².